The van der Waals surface area contributed by atoms with Gasteiger partial charge >= 0.3 is 5.97 Å². The largest absolute Gasteiger partial charge is 0.467 e. The second-order valence-electron chi connectivity index (χ2n) is 5.35. The van der Waals surface area contributed by atoms with Crippen molar-refractivity contribution < 1.29 is 19.1 Å². The number of fused-ring (bicyclic) bond motifs is 1. The molecule has 0 aliphatic heterocycles. The maximum atomic E-state index is 12.6. The summed E-state index contributed by atoms with van der Waals surface area (Å²) in [5.41, 5.74) is 1.62. The van der Waals surface area contributed by atoms with E-state index >= 15 is 0 Å². The van der Waals surface area contributed by atoms with Gasteiger partial charge in [0.05, 0.1) is 12.8 Å². The Labute approximate surface area is 135 Å². The molecule has 2 aromatic rings. The third-order valence-corrected chi connectivity index (χ3v) is 3.81. The molecule has 0 aliphatic carbocycles. The molecule has 0 unspecified atom stereocenters. The van der Waals surface area contributed by atoms with Crippen LogP contribution in [0, 0.1) is 6.92 Å². The summed E-state index contributed by atoms with van der Waals surface area (Å²) < 4.78 is 9.80. The van der Waals surface area contributed by atoms with Crippen molar-refractivity contribution in [3.8, 4) is 0 Å². The molecule has 1 atom stereocenters. The van der Waals surface area contributed by atoms with Gasteiger partial charge in [-0.25, -0.2) is 4.79 Å². The minimum absolute atomic E-state index is 0.107. The summed E-state index contributed by atoms with van der Waals surface area (Å²) in [6.45, 7) is 3.46. The van der Waals surface area contributed by atoms with Gasteiger partial charge in [0.2, 0.25) is 0 Å². The number of anilines is 1. The number of ether oxygens (including phenoxy) is 2. The van der Waals surface area contributed by atoms with Gasteiger partial charge in [-0.2, -0.15) is 0 Å². The van der Waals surface area contributed by atoms with Crippen LogP contribution in [0.4, 0.5) is 5.69 Å². The Morgan fingerprint density at radius 2 is 1.83 bits per heavy atom. The van der Waals surface area contributed by atoms with Crippen LogP contribution in [0.5, 0.6) is 0 Å². The van der Waals surface area contributed by atoms with E-state index in [4.69, 9.17) is 9.47 Å². The number of methoxy groups -OCH3 is 2. The standard InChI is InChI=1S/C18H21NO4/c1-12-9-10-14-7-5-6-8-15(14)17(12)19(16(20)11-22-3)13(2)18(21)23-4/h5-10,13H,11H2,1-4H3/t13-/m0/s1. The Bertz CT molecular complexity index is 726. The van der Waals surface area contributed by atoms with Gasteiger partial charge in [-0.15, -0.1) is 0 Å². The Hall–Kier alpha value is -2.40. The zero-order chi connectivity index (χ0) is 17.0. The van der Waals surface area contributed by atoms with Gasteiger partial charge < -0.3 is 9.47 Å². The third kappa shape index (κ3) is 3.35. The van der Waals surface area contributed by atoms with Crippen LogP contribution in [0.2, 0.25) is 0 Å². The van der Waals surface area contributed by atoms with Crippen molar-refractivity contribution in [2.45, 2.75) is 19.9 Å². The number of nitrogens with zero attached hydrogens (tertiary/aromatic N) is 1. The smallest absolute Gasteiger partial charge is 0.328 e. The lowest BCUT2D eigenvalue weighted by Crippen LogP contribution is -2.46. The molecular formula is C18H21NO4. The van der Waals surface area contributed by atoms with Crippen LogP contribution in [0.25, 0.3) is 10.8 Å². The first-order valence-corrected chi connectivity index (χ1v) is 7.38. The molecule has 0 bridgehead atoms. The molecule has 5 heteroatoms. The number of rotatable bonds is 5. The SMILES string of the molecule is COCC(=O)N(c1c(C)ccc2ccccc12)[C@@H](C)C(=O)OC. The summed E-state index contributed by atoms with van der Waals surface area (Å²) in [5, 5.41) is 1.91. The van der Waals surface area contributed by atoms with E-state index < -0.39 is 12.0 Å². The Kier molecular flexibility index (Phi) is 5.34. The predicted molar refractivity (Wildman–Crippen MR) is 89.5 cm³/mol. The van der Waals surface area contributed by atoms with Crippen LogP contribution >= 0.6 is 0 Å². The number of carbonyl (C=O) groups is 2. The molecule has 0 heterocycles. The highest BCUT2D eigenvalue weighted by molar-refractivity contribution is 6.08. The Balaban J connectivity index is 2.66. The first-order chi connectivity index (χ1) is 11.0. The number of carbonyl (C=O) groups excluding carboxylic acids is 2. The number of hydrogen-bond donors (Lipinski definition) is 0. The highest BCUT2D eigenvalue weighted by atomic mass is 16.5. The number of hydrogen-bond acceptors (Lipinski definition) is 4. The highest BCUT2D eigenvalue weighted by Gasteiger charge is 2.30. The van der Waals surface area contributed by atoms with Crippen molar-refractivity contribution >= 4 is 28.3 Å². The zero-order valence-electron chi connectivity index (χ0n) is 13.8. The molecule has 0 saturated carbocycles. The lowest BCUT2D eigenvalue weighted by molar-refractivity contribution is -0.143. The van der Waals surface area contributed by atoms with E-state index in [1.807, 2.05) is 43.3 Å². The van der Waals surface area contributed by atoms with Crippen LogP contribution in [-0.4, -0.2) is 38.7 Å². The fraction of sp³-hybridized carbons (Fsp3) is 0.333. The first-order valence-electron chi connectivity index (χ1n) is 7.38. The van der Waals surface area contributed by atoms with E-state index in [-0.39, 0.29) is 12.5 Å². The van der Waals surface area contributed by atoms with E-state index in [9.17, 15) is 9.59 Å². The zero-order valence-corrected chi connectivity index (χ0v) is 13.8. The lowest BCUT2D eigenvalue weighted by atomic mass is 10.0. The molecule has 5 nitrogen and oxygen atoms in total. The quantitative estimate of drug-likeness (QED) is 0.796. The molecule has 122 valence electrons. The molecule has 0 spiro atoms. The second kappa shape index (κ2) is 7.24. The van der Waals surface area contributed by atoms with Gasteiger partial charge in [0, 0.05) is 12.5 Å². The van der Waals surface area contributed by atoms with Crippen molar-refractivity contribution in [1.82, 2.24) is 0 Å². The normalized spacial score (nSPS) is 12.0. The molecular weight excluding hydrogens is 294 g/mol. The summed E-state index contributed by atoms with van der Waals surface area (Å²) >= 11 is 0. The molecule has 2 aromatic carbocycles. The monoisotopic (exact) mass is 315 g/mol. The van der Waals surface area contributed by atoms with Crippen molar-refractivity contribution in [1.29, 1.82) is 0 Å². The minimum atomic E-state index is -0.743. The highest BCUT2D eigenvalue weighted by Crippen LogP contribution is 2.32. The van der Waals surface area contributed by atoms with Gasteiger partial charge in [-0.05, 0) is 24.8 Å². The molecule has 0 saturated heterocycles. The fourth-order valence-electron chi connectivity index (χ4n) is 2.69. The number of benzene rings is 2. The van der Waals surface area contributed by atoms with E-state index in [0.29, 0.717) is 5.69 Å². The van der Waals surface area contributed by atoms with Crippen molar-refractivity contribution in [3.63, 3.8) is 0 Å². The summed E-state index contributed by atoms with van der Waals surface area (Å²) in [5.74, 6) is -0.758. The number of esters is 1. The van der Waals surface area contributed by atoms with Gasteiger partial charge in [-0.3, -0.25) is 9.69 Å². The Morgan fingerprint density at radius 1 is 1.13 bits per heavy atom. The van der Waals surface area contributed by atoms with Crippen molar-refractivity contribution in [2.24, 2.45) is 0 Å². The van der Waals surface area contributed by atoms with E-state index in [2.05, 4.69) is 0 Å². The lowest BCUT2D eigenvalue weighted by Gasteiger charge is -2.30. The van der Waals surface area contributed by atoms with Crippen LogP contribution in [0.3, 0.4) is 0 Å². The van der Waals surface area contributed by atoms with Gasteiger partial charge in [0.15, 0.2) is 0 Å². The third-order valence-electron chi connectivity index (χ3n) is 3.81. The maximum absolute atomic E-state index is 12.6. The second-order valence-corrected chi connectivity index (χ2v) is 5.35. The molecule has 0 radical (unpaired) electrons. The maximum Gasteiger partial charge on any atom is 0.328 e. The summed E-state index contributed by atoms with van der Waals surface area (Å²) in [6.07, 6.45) is 0. The number of aryl methyl sites for hydroxylation is 1. The van der Waals surface area contributed by atoms with Gasteiger partial charge in [-0.1, -0.05) is 36.4 Å². The molecule has 0 fully saturated rings. The topological polar surface area (TPSA) is 55.8 Å². The molecule has 0 N–H and O–H groups in total. The summed E-state index contributed by atoms with van der Waals surface area (Å²) in [6, 6.07) is 11.0. The summed E-state index contributed by atoms with van der Waals surface area (Å²) in [7, 11) is 2.77. The van der Waals surface area contributed by atoms with E-state index in [1.54, 1.807) is 6.92 Å². The predicted octanol–water partition coefficient (Wildman–Crippen LogP) is 2.69. The summed E-state index contributed by atoms with van der Waals surface area (Å²) in [4.78, 5) is 26.1. The average molecular weight is 315 g/mol. The van der Waals surface area contributed by atoms with Crippen LogP contribution < -0.4 is 4.90 Å². The molecule has 0 aromatic heterocycles. The van der Waals surface area contributed by atoms with Crippen LogP contribution in [0.1, 0.15) is 12.5 Å². The van der Waals surface area contributed by atoms with Crippen molar-refractivity contribution in [2.75, 3.05) is 25.7 Å². The molecule has 0 aliphatic rings. The molecule has 23 heavy (non-hydrogen) atoms. The van der Waals surface area contributed by atoms with E-state index in [1.165, 1.54) is 19.1 Å². The minimum Gasteiger partial charge on any atom is -0.467 e. The van der Waals surface area contributed by atoms with Crippen LogP contribution in [-0.2, 0) is 19.1 Å². The first kappa shape index (κ1) is 17.0. The Morgan fingerprint density at radius 3 is 2.48 bits per heavy atom. The average Bonchev–Trinajstić information content (AvgIpc) is 2.56. The molecule has 1 amide bonds. The molecule has 2 rings (SSSR count). The fourth-order valence-corrected chi connectivity index (χ4v) is 2.69. The van der Waals surface area contributed by atoms with Crippen LogP contribution in [0.15, 0.2) is 36.4 Å². The number of amides is 1. The van der Waals surface area contributed by atoms with Gasteiger partial charge in [0.1, 0.15) is 12.6 Å². The van der Waals surface area contributed by atoms with Gasteiger partial charge in [0.25, 0.3) is 5.91 Å². The van der Waals surface area contributed by atoms with E-state index in [0.717, 1.165) is 16.3 Å². The van der Waals surface area contributed by atoms with Crippen molar-refractivity contribution in [3.05, 3.63) is 42.0 Å².